The minimum absolute atomic E-state index is 0. The number of alkyl halides is 3. The summed E-state index contributed by atoms with van der Waals surface area (Å²) in [5.74, 6) is 1.15. The molecular weight excluding hydrogens is 406 g/mol. The second-order valence-electron chi connectivity index (χ2n) is 6.46. The molecule has 0 unspecified atom stereocenters. The van der Waals surface area contributed by atoms with Crippen LogP contribution in [0.25, 0.3) is 0 Å². The molecule has 0 amide bonds. The molecule has 1 rings (SSSR count). The van der Waals surface area contributed by atoms with Crippen LogP contribution >= 0.6 is 24.0 Å². The summed E-state index contributed by atoms with van der Waals surface area (Å²) in [7, 11) is 0. The summed E-state index contributed by atoms with van der Waals surface area (Å²) >= 11 is 0. The Labute approximate surface area is 148 Å². The molecule has 1 fully saturated rings. The van der Waals surface area contributed by atoms with Gasteiger partial charge in [0.15, 0.2) is 5.96 Å². The lowest BCUT2D eigenvalue weighted by molar-refractivity contribution is -0.132. The first kappa shape index (κ1) is 21.8. The zero-order chi connectivity index (χ0) is 15.9. The van der Waals surface area contributed by atoms with Gasteiger partial charge in [0.25, 0.3) is 0 Å². The van der Waals surface area contributed by atoms with Crippen LogP contribution < -0.4 is 10.6 Å². The SMILES string of the molecule is CCNC(=NCC(C)(C)C1CCCC1)NCCC(F)(F)F.I. The van der Waals surface area contributed by atoms with Gasteiger partial charge in [-0.05, 0) is 31.1 Å². The smallest absolute Gasteiger partial charge is 0.357 e. The van der Waals surface area contributed by atoms with Crippen molar-refractivity contribution in [2.75, 3.05) is 19.6 Å². The maximum Gasteiger partial charge on any atom is 0.390 e. The Bertz CT molecular complexity index is 337. The standard InChI is InChI=1S/C15H28F3N3.HI/c1-4-19-13(20-10-9-15(16,17)18)21-11-14(2,3)12-7-5-6-8-12;/h12H,4-11H2,1-3H3,(H2,19,20,21);1H. The molecule has 0 bridgehead atoms. The fourth-order valence-corrected chi connectivity index (χ4v) is 2.78. The molecule has 0 aromatic heterocycles. The molecule has 7 heteroatoms. The number of rotatable bonds is 6. The largest absolute Gasteiger partial charge is 0.390 e. The van der Waals surface area contributed by atoms with Gasteiger partial charge in [-0.1, -0.05) is 26.7 Å². The topological polar surface area (TPSA) is 36.4 Å². The van der Waals surface area contributed by atoms with Crippen LogP contribution in [-0.2, 0) is 0 Å². The van der Waals surface area contributed by atoms with E-state index in [-0.39, 0.29) is 35.9 Å². The summed E-state index contributed by atoms with van der Waals surface area (Å²) < 4.78 is 36.5. The number of aliphatic imine (C=N–C) groups is 1. The van der Waals surface area contributed by atoms with Gasteiger partial charge in [-0.2, -0.15) is 13.2 Å². The summed E-state index contributed by atoms with van der Waals surface area (Å²) in [6.07, 6.45) is 0.0570. The van der Waals surface area contributed by atoms with Gasteiger partial charge in [-0.25, -0.2) is 0 Å². The highest BCUT2D eigenvalue weighted by molar-refractivity contribution is 14.0. The number of nitrogens with zero attached hydrogens (tertiary/aromatic N) is 1. The van der Waals surface area contributed by atoms with Gasteiger partial charge in [-0.15, -0.1) is 24.0 Å². The number of hydrogen-bond acceptors (Lipinski definition) is 1. The van der Waals surface area contributed by atoms with Gasteiger partial charge in [0, 0.05) is 19.6 Å². The molecule has 2 N–H and O–H groups in total. The summed E-state index contributed by atoms with van der Waals surface area (Å²) in [4.78, 5) is 4.48. The first-order valence-electron chi connectivity index (χ1n) is 7.83. The van der Waals surface area contributed by atoms with Crippen molar-refractivity contribution in [3.8, 4) is 0 Å². The van der Waals surface area contributed by atoms with E-state index < -0.39 is 12.6 Å². The zero-order valence-electron chi connectivity index (χ0n) is 13.7. The van der Waals surface area contributed by atoms with Crippen LogP contribution in [0.1, 0.15) is 52.9 Å². The van der Waals surface area contributed by atoms with Crippen molar-refractivity contribution >= 4 is 29.9 Å². The third-order valence-electron chi connectivity index (χ3n) is 4.15. The fourth-order valence-electron chi connectivity index (χ4n) is 2.78. The van der Waals surface area contributed by atoms with Crippen molar-refractivity contribution in [2.45, 2.75) is 59.1 Å². The molecule has 0 aromatic carbocycles. The van der Waals surface area contributed by atoms with Crippen LogP contribution in [0.2, 0.25) is 0 Å². The van der Waals surface area contributed by atoms with Gasteiger partial charge in [-0.3, -0.25) is 4.99 Å². The first-order chi connectivity index (χ1) is 9.74. The monoisotopic (exact) mass is 435 g/mol. The van der Waals surface area contributed by atoms with Crippen LogP contribution in [0, 0.1) is 11.3 Å². The Morgan fingerprint density at radius 2 is 1.73 bits per heavy atom. The highest BCUT2D eigenvalue weighted by atomic mass is 127. The third-order valence-corrected chi connectivity index (χ3v) is 4.15. The summed E-state index contributed by atoms with van der Waals surface area (Å²) in [6, 6.07) is 0. The molecule has 22 heavy (non-hydrogen) atoms. The molecule has 0 heterocycles. The molecule has 3 nitrogen and oxygen atoms in total. The van der Waals surface area contributed by atoms with Crippen LogP contribution in [-0.4, -0.2) is 31.8 Å². The molecule has 0 spiro atoms. The predicted octanol–water partition coefficient (Wildman–Crippen LogP) is 4.33. The zero-order valence-corrected chi connectivity index (χ0v) is 16.1. The molecule has 1 aliphatic rings. The maximum atomic E-state index is 12.2. The van der Waals surface area contributed by atoms with Gasteiger partial charge < -0.3 is 10.6 Å². The van der Waals surface area contributed by atoms with Crippen molar-refractivity contribution in [1.82, 2.24) is 10.6 Å². The molecule has 0 atom stereocenters. The average Bonchev–Trinajstić information content (AvgIpc) is 2.89. The normalized spacial score (nSPS) is 17.3. The molecule has 132 valence electrons. The van der Waals surface area contributed by atoms with E-state index in [1.165, 1.54) is 25.7 Å². The number of hydrogen-bond donors (Lipinski definition) is 2. The highest BCUT2D eigenvalue weighted by Gasteiger charge is 2.31. The highest BCUT2D eigenvalue weighted by Crippen LogP contribution is 2.39. The van der Waals surface area contributed by atoms with Crippen molar-refractivity contribution in [3.05, 3.63) is 0 Å². The Kier molecular flexibility index (Phi) is 9.73. The lowest BCUT2D eigenvalue weighted by Gasteiger charge is -2.30. The molecule has 1 saturated carbocycles. The van der Waals surface area contributed by atoms with Crippen molar-refractivity contribution in [2.24, 2.45) is 16.3 Å². The average molecular weight is 435 g/mol. The summed E-state index contributed by atoms with van der Waals surface area (Å²) in [5.41, 5.74) is 0.100. The molecular formula is C15H29F3IN3. The number of guanidine groups is 1. The van der Waals surface area contributed by atoms with Gasteiger partial charge in [0.05, 0.1) is 6.42 Å². The summed E-state index contributed by atoms with van der Waals surface area (Å²) in [6.45, 7) is 7.44. The second-order valence-corrected chi connectivity index (χ2v) is 6.46. The Morgan fingerprint density at radius 3 is 2.23 bits per heavy atom. The van der Waals surface area contributed by atoms with Crippen LogP contribution in [0.4, 0.5) is 13.2 Å². The van der Waals surface area contributed by atoms with E-state index in [1.54, 1.807) is 0 Å². The molecule has 0 radical (unpaired) electrons. The Morgan fingerprint density at radius 1 is 1.14 bits per heavy atom. The fraction of sp³-hybridized carbons (Fsp3) is 0.933. The van der Waals surface area contributed by atoms with E-state index in [9.17, 15) is 13.2 Å². The number of nitrogens with one attached hydrogen (secondary N) is 2. The molecule has 1 aliphatic carbocycles. The van der Waals surface area contributed by atoms with Crippen molar-refractivity contribution in [3.63, 3.8) is 0 Å². The van der Waals surface area contributed by atoms with Gasteiger partial charge >= 0.3 is 6.18 Å². The molecule has 0 aliphatic heterocycles. The lowest BCUT2D eigenvalue weighted by atomic mass is 9.78. The summed E-state index contributed by atoms with van der Waals surface area (Å²) in [5, 5.41) is 5.76. The van der Waals surface area contributed by atoms with E-state index in [2.05, 4.69) is 29.5 Å². The second kappa shape index (κ2) is 9.82. The van der Waals surface area contributed by atoms with Crippen LogP contribution in [0.5, 0.6) is 0 Å². The van der Waals surface area contributed by atoms with E-state index in [1.807, 2.05) is 6.92 Å². The maximum absolute atomic E-state index is 12.2. The van der Waals surface area contributed by atoms with E-state index in [0.29, 0.717) is 25.0 Å². The third kappa shape index (κ3) is 8.43. The van der Waals surface area contributed by atoms with E-state index >= 15 is 0 Å². The number of halogens is 4. The predicted molar refractivity (Wildman–Crippen MR) is 95.8 cm³/mol. The van der Waals surface area contributed by atoms with Crippen molar-refractivity contribution < 1.29 is 13.2 Å². The van der Waals surface area contributed by atoms with Gasteiger partial charge in [0.2, 0.25) is 0 Å². The minimum atomic E-state index is -4.13. The quantitative estimate of drug-likeness (QED) is 0.370. The molecule has 0 saturated heterocycles. The Balaban J connectivity index is 0.00000441. The van der Waals surface area contributed by atoms with E-state index in [0.717, 1.165) is 0 Å². The van der Waals surface area contributed by atoms with Crippen LogP contribution in [0.15, 0.2) is 4.99 Å². The first-order valence-corrected chi connectivity index (χ1v) is 7.83. The molecule has 0 aromatic rings. The minimum Gasteiger partial charge on any atom is -0.357 e. The van der Waals surface area contributed by atoms with Crippen molar-refractivity contribution in [1.29, 1.82) is 0 Å². The Hall–Kier alpha value is -0.210. The van der Waals surface area contributed by atoms with E-state index in [4.69, 9.17) is 0 Å². The van der Waals surface area contributed by atoms with Gasteiger partial charge in [0.1, 0.15) is 0 Å². The van der Waals surface area contributed by atoms with Crippen LogP contribution in [0.3, 0.4) is 0 Å². The lowest BCUT2D eigenvalue weighted by Crippen LogP contribution is -2.40.